The normalized spacial score (nSPS) is 13.7. The van der Waals surface area contributed by atoms with Crippen LogP contribution in [0.2, 0.25) is 0 Å². The number of para-hydroxylation sites is 2. The smallest absolute Gasteiger partial charge is 0.331 e. The van der Waals surface area contributed by atoms with Gasteiger partial charge in [0.15, 0.2) is 5.54 Å². The van der Waals surface area contributed by atoms with Gasteiger partial charge < -0.3 is 19.9 Å². The maximum Gasteiger partial charge on any atom is 0.331 e. The molecule has 0 aliphatic carbocycles. The number of methoxy groups -OCH3 is 2. The first kappa shape index (κ1) is 14.3. The van der Waals surface area contributed by atoms with Gasteiger partial charge in [0.05, 0.1) is 19.4 Å². The molecule has 5 heteroatoms. The fourth-order valence-corrected chi connectivity index (χ4v) is 1.75. The fraction of sp³-hybridized carbons (Fsp3) is 0.462. The van der Waals surface area contributed by atoms with Crippen LogP contribution in [0.25, 0.3) is 0 Å². The zero-order valence-corrected chi connectivity index (χ0v) is 10.9. The Bertz CT molecular complexity index is 408. The van der Waals surface area contributed by atoms with Crippen LogP contribution < -0.4 is 10.1 Å². The van der Waals surface area contributed by atoms with Crippen LogP contribution in [0.4, 0.5) is 5.69 Å². The first-order valence-electron chi connectivity index (χ1n) is 5.73. The highest BCUT2D eigenvalue weighted by Gasteiger charge is 2.37. The summed E-state index contributed by atoms with van der Waals surface area (Å²) >= 11 is 0. The van der Waals surface area contributed by atoms with Gasteiger partial charge in [0.1, 0.15) is 5.75 Å². The highest BCUT2D eigenvalue weighted by Crippen LogP contribution is 2.28. The first-order chi connectivity index (χ1) is 8.59. The van der Waals surface area contributed by atoms with E-state index in [2.05, 4.69) is 5.32 Å². The van der Waals surface area contributed by atoms with E-state index in [1.807, 2.05) is 12.1 Å². The van der Waals surface area contributed by atoms with E-state index in [0.29, 0.717) is 17.9 Å². The molecule has 0 aliphatic rings. The monoisotopic (exact) mass is 253 g/mol. The number of carboxylic acid groups (broad SMARTS) is 1. The van der Waals surface area contributed by atoms with Crippen LogP contribution in [-0.2, 0) is 9.53 Å². The van der Waals surface area contributed by atoms with Crippen molar-refractivity contribution in [3.8, 4) is 5.75 Å². The summed E-state index contributed by atoms with van der Waals surface area (Å²) in [5, 5.41) is 12.4. The Morgan fingerprint density at radius 2 is 2.06 bits per heavy atom. The van der Waals surface area contributed by atoms with Crippen LogP contribution in [0.15, 0.2) is 24.3 Å². The quantitative estimate of drug-likeness (QED) is 0.777. The van der Waals surface area contributed by atoms with E-state index < -0.39 is 11.5 Å². The van der Waals surface area contributed by atoms with Gasteiger partial charge in [-0.2, -0.15) is 0 Å². The van der Waals surface area contributed by atoms with Crippen molar-refractivity contribution in [1.29, 1.82) is 0 Å². The summed E-state index contributed by atoms with van der Waals surface area (Å²) in [4.78, 5) is 11.5. The average molecular weight is 253 g/mol. The van der Waals surface area contributed by atoms with Gasteiger partial charge in [-0.05, 0) is 18.6 Å². The zero-order valence-electron chi connectivity index (χ0n) is 10.9. The molecule has 0 spiro atoms. The average Bonchev–Trinajstić information content (AvgIpc) is 2.38. The molecule has 1 rings (SSSR count). The third kappa shape index (κ3) is 2.92. The first-order valence-corrected chi connectivity index (χ1v) is 5.73. The van der Waals surface area contributed by atoms with E-state index in [-0.39, 0.29) is 6.61 Å². The molecule has 2 N–H and O–H groups in total. The lowest BCUT2D eigenvalue weighted by Crippen LogP contribution is -2.49. The molecular formula is C13H19NO4. The molecule has 1 atom stereocenters. The van der Waals surface area contributed by atoms with Gasteiger partial charge in [0.2, 0.25) is 0 Å². The SMILES string of the molecule is CCC(COC)(Nc1ccccc1OC)C(=O)O. The Labute approximate surface area is 107 Å². The predicted molar refractivity (Wildman–Crippen MR) is 69.2 cm³/mol. The molecule has 100 valence electrons. The van der Waals surface area contributed by atoms with Crippen LogP contribution in [0.1, 0.15) is 13.3 Å². The maximum absolute atomic E-state index is 11.5. The Balaban J connectivity index is 3.06. The minimum absolute atomic E-state index is 0.0802. The van der Waals surface area contributed by atoms with Crippen LogP contribution in [0.5, 0.6) is 5.75 Å². The Hall–Kier alpha value is -1.75. The Morgan fingerprint density at radius 1 is 1.39 bits per heavy atom. The lowest BCUT2D eigenvalue weighted by atomic mass is 9.96. The van der Waals surface area contributed by atoms with Gasteiger partial charge in [-0.25, -0.2) is 4.79 Å². The third-order valence-electron chi connectivity index (χ3n) is 2.88. The number of carbonyl (C=O) groups is 1. The summed E-state index contributed by atoms with van der Waals surface area (Å²) in [6, 6.07) is 7.20. The van der Waals surface area contributed by atoms with E-state index in [4.69, 9.17) is 9.47 Å². The number of nitrogens with one attached hydrogen (secondary N) is 1. The summed E-state index contributed by atoms with van der Waals surface area (Å²) in [7, 11) is 3.03. The van der Waals surface area contributed by atoms with Crippen molar-refractivity contribution in [3.63, 3.8) is 0 Å². The number of anilines is 1. The molecule has 0 bridgehead atoms. The standard InChI is InChI=1S/C13H19NO4/c1-4-13(9-17-2,12(15)16)14-10-7-5-6-8-11(10)18-3/h5-8,14H,4,9H2,1-3H3,(H,15,16). The predicted octanol–water partition coefficient (Wildman–Crippen LogP) is 1.99. The molecule has 0 fully saturated rings. The van der Waals surface area contributed by atoms with Gasteiger partial charge in [0, 0.05) is 7.11 Å². The maximum atomic E-state index is 11.5. The molecule has 1 aromatic carbocycles. The number of carboxylic acids is 1. The number of rotatable bonds is 7. The van der Waals surface area contributed by atoms with Crippen molar-refractivity contribution in [1.82, 2.24) is 0 Å². The molecule has 0 saturated heterocycles. The van der Waals surface area contributed by atoms with Crippen molar-refractivity contribution in [3.05, 3.63) is 24.3 Å². The minimum Gasteiger partial charge on any atom is -0.495 e. The van der Waals surface area contributed by atoms with Crippen molar-refractivity contribution < 1.29 is 19.4 Å². The molecule has 0 aliphatic heterocycles. The van der Waals surface area contributed by atoms with E-state index in [0.717, 1.165) is 0 Å². The van der Waals surface area contributed by atoms with Crippen molar-refractivity contribution in [2.45, 2.75) is 18.9 Å². The molecule has 18 heavy (non-hydrogen) atoms. The molecule has 1 unspecified atom stereocenters. The number of aliphatic carboxylic acids is 1. The third-order valence-corrected chi connectivity index (χ3v) is 2.88. The number of hydrogen-bond acceptors (Lipinski definition) is 4. The second-order valence-electron chi connectivity index (χ2n) is 4.00. The van der Waals surface area contributed by atoms with E-state index in [1.165, 1.54) is 7.11 Å². The molecule has 0 aromatic heterocycles. The summed E-state index contributed by atoms with van der Waals surface area (Å²) in [6.07, 6.45) is 0.397. The summed E-state index contributed by atoms with van der Waals surface area (Å²) < 4.78 is 10.2. The Morgan fingerprint density at radius 3 is 2.56 bits per heavy atom. The van der Waals surface area contributed by atoms with Crippen LogP contribution in [-0.4, -0.2) is 37.4 Å². The Kier molecular flexibility index (Phi) is 4.97. The van der Waals surface area contributed by atoms with Gasteiger partial charge in [-0.3, -0.25) is 0 Å². The largest absolute Gasteiger partial charge is 0.495 e. The summed E-state index contributed by atoms with van der Waals surface area (Å²) in [5.74, 6) is -0.342. The molecule has 0 radical (unpaired) electrons. The molecule has 5 nitrogen and oxygen atoms in total. The van der Waals surface area contributed by atoms with Crippen molar-refractivity contribution in [2.75, 3.05) is 26.1 Å². The van der Waals surface area contributed by atoms with E-state index in [1.54, 1.807) is 26.2 Å². The second-order valence-corrected chi connectivity index (χ2v) is 4.00. The molecule has 1 aromatic rings. The lowest BCUT2D eigenvalue weighted by molar-refractivity contribution is -0.144. The van der Waals surface area contributed by atoms with Gasteiger partial charge >= 0.3 is 5.97 Å². The van der Waals surface area contributed by atoms with E-state index >= 15 is 0 Å². The molecule has 0 heterocycles. The summed E-state index contributed by atoms with van der Waals surface area (Å²) in [6.45, 7) is 1.88. The zero-order chi connectivity index (χ0) is 13.6. The highest BCUT2D eigenvalue weighted by atomic mass is 16.5. The highest BCUT2D eigenvalue weighted by molar-refractivity contribution is 5.83. The van der Waals surface area contributed by atoms with Crippen LogP contribution in [0, 0.1) is 0 Å². The minimum atomic E-state index is -1.15. The fourth-order valence-electron chi connectivity index (χ4n) is 1.75. The van der Waals surface area contributed by atoms with E-state index in [9.17, 15) is 9.90 Å². The van der Waals surface area contributed by atoms with Gasteiger partial charge in [0.25, 0.3) is 0 Å². The van der Waals surface area contributed by atoms with Gasteiger partial charge in [-0.1, -0.05) is 19.1 Å². The topological polar surface area (TPSA) is 67.8 Å². The lowest BCUT2D eigenvalue weighted by Gasteiger charge is -2.30. The summed E-state index contributed by atoms with van der Waals surface area (Å²) in [5.41, 5.74) is -0.509. The number of ether oxygens (including phenoxy) is 2. The van der Waals surface area contributed by atoms with Crippen molar-refractivity contribution >= 4 is 11.7 Å². The van der Waals surface area contributed by atoms with Gasteiger partial charge in [-0.15, -0.1) is 0 Å². The molecule has 0 saturated carbocycles. The molecular weight excluding hydrogens is 234 g/mol. The van der Waals surface area contributed by atoms with Crippen molar-refractivity contribution in [2.24, 2.45) is 0 Å². The second kappa shape index (κ2) is 6.26. The number of benzene rings is 1. The number of hydrogen-bond donors (Lipinski definition) is 2. The molecule has 0 amide bonds. The van der Waals surface area contributed by atoms with Crippen LogP contribution in [0.3, 0.4) is 0 Å². The van der Waals surface area contributed by atoms with Crippen LogP contribution >= 0.6 is 0 Å².